The molecule has 0 spiro atoms. The molecule has 2 aliphatic rings. The quantitative estimate of drug-likeness (QED) is 0.818. The SMILES string of the molecule is Cl.NC1CCC(C(=O)NCC2CCCCC2)C1. The van der Waals surface area contributed by atoms with Crippen LogP contribution >= 0.6 is 12.4 Å². The molecule has 2 aliphatic carbocycles. The molecule has 1 amide bonds. The van der Waals surface area contributed by atoms with Gasteiger partial charge in [-0.3, -0.25) is 4.79 Å². The van der Waals surface area contributed by atoms with Crippen LogP contribution in [-0.4, -0.2) is 18.5 Å². The molecule has 17 heavy (non-hydrogen) atoms. The van der Waals surface area contributed by atoms with Gasteiger partial charge in [-0.1, -0.05) is 19.3 Å². The summed E-state index contributed by atoms with van der Waals surface area (Å²) in [5, 5.41) is 3.12. The normalized spacial score (nSPS) is 29.7. The Balaban J connectivity index is 0.00000144. The van der Waals surface area contributed by atoms with Crippen LogP contribution < -0.4 is 11.1 Å². The van der Waals surface area contributed by atoms with Crippen LogP contribution in [0.15, 0.2) is 0 Å². The smallest absolute Gasteiger partial charge is 0.223 e. The van der Waals surface area contributed by atoms with Gasteiger partial charge in [0.05, 0.1) is 0 Å². The van der Waals surface area contributed by atoms with Gasteiger partial charge in [-0.05, 0) is 38.0 Å². The van der Waals surface area contributed by atoms with Crippen molar-refractivity contribution in [1.82, 2.24) is 5.32 Å². The first-order valence-corrected chi connectivity index (χ1v) is 6.79. The van der Waals surface area contributed by atoms with Crippen LogP contribution in [0.25, 0.3) is 0 Å². The van der Waals surface area contributed by atoms with E-state index in [0.29, 0.717) is 0 Å². The number of hydrogen-bond donors (Lipinski definition) is 2. The van der Waals surface area contributed by atoms with E-state index in [9.17, 15) is 4.79 Å². The first-order valence-electron chi connectivity index (χ1n) is 6.79. The van der Waals surface area contributed by atoms with E-state index in [2.05, 4.69) is 5.32 Å². The van der Waals surface area contributed by atoms with Crippen molar-refractivity contribution in [2.45, 2.75) is 57.4 Å². The molecule has 0 bridgehead atoms. The molecule has 3 nitrogen and oxygen atoms in total. The molecular formula is C13H25ClN2O. The summed E-state index contributed by atoms with van der Waals surface area (Å²) in [6, 6.07) is 0.255. The number of nitrogens with one attached hydrogen (secondary N) is 1. The summed E-state index contributed by atoms with van der Waals surface area (Å²) < 4.78 is 0. The van der Waals surface area contributed by atoms with Crippen molar-refractivity contribution in [1.29, 1.82) is 0 Å². The highest BCUT2D eigenvalue weighted by molar-refractivity contribution is 5.85. The summed E-state index contributed by atoms with van der Waals surface area (Å²) in [7, 11) is 0. The highest BCUT2D eigenvalue weighted by Crippen LogP contribution is 2.25. The van der Waals surface area contributed by atoms with Gasteiger partial charge < -0.3 is 11.1 Å². The van der Waals surface area contributed by atoms with E-state index in [4.69, 9.17) is 5.73 Å². The molecule has 0 saturated heterocycles. The van der Waals surface area contributed by atoms with Crippen molar-refractivity contribution >= 4 is 18.3 Å². The van der Waals surface area contributed by atoms with Gasteiger partial charge in [0.1, 0.15) is 0 Å². The van der Waals surface area contributed by atoms with Gasteiger partial charge in [0.15, 0.2) is 0 Å². The standard InChI is InChI=1S/C13H24N2O.ClH/c14-12-7-6-11(8-12)13(16)15-9-10-4-2-1-3-5-10;/h10-12H,1-9,14H2,(H,15,16);1H. The zero-order valence-electron chi connectivity index (χ0n) is 10.5. The Hall–Kier alpha value is -0.280. The summed E-state index contributed by atoms with van der Waals surface area (Å²) in [6.07, 6.45) is 9.54. The number of amides is 1. The summed E-state index contributed by atoms with van der Waals surface area (Å²) in [6.45, 7) is 0.893. The highest BCUT2D eigenvalue weighted by Gasteiger charge is 2.27. The lowest BCUT2D eigenvalue weighted by Gasteiger charge is -2.22. The maximum absolute atomic E-state index is 11.9. The Kier molecular flexibility index (Phi) is 6.28. The average Bonchev–Trinajstić information content (AvgIpc) is 2.74. The molecule has 2 atom stereocenters. The van der Waals surface area contributed by atoms with Gasteiger partial charge in [-0.2, -0.15) is 0 Å². The highest BCUT2D eigenvalue weighted by atomic mass is 35.5. The number of carbonyl (C=O) groups excluding carboxylic acids is 1. The second-order valence-corrected chi connectivity index (χ2v) is 5.52. The van der Waals surface area contributed by atoms with Crippen LogP contribution in [0.3, 0.4) is 0 Å². The molecule has 0 radical (unpaired) electrons. The first kappa shape index (κ1) is 14.8. The minimum absolute atomic E-state index is 0. The molecule has 4 heteroatoms. The zero-order valence-corrected chi connectivity index (χ0v) is 11.3. The van der Waals surface area contributed by atoms with Gasteiger partial charge >= 0.3 is 0 Å². The Bertz CT molecular complexity index is 242. The Morgan fingerprint density at radius 1 is 1.12 bits per heavy atom. The first-order chi connectivity index (χ1) is 7.75. The van der Waals surface area contributed by atoms with Gasteiger partial charge in [0.2, 0.25) is 5.91 Å². The van der Waals surface area contributed by atoms with Crippen molar-refractivity contribution in [2.75, 3.05) is 6.54 Å². The molecule has 0 aromatic heterocycles. The van der Waals surface area contributed by atoms with E-state index in [1.165, 1.54) is 32.1 Å². The minimum Gasteiger partial charge on any atom is -0.356 e. The summed E-state index contributed by atoms with van der Waals surface area (Å²) >= 11 is 0. The van der Waals surface area contributed by atoms with Crippen molar-refractivity contribution in [3.63, 3.8) is 0 Å². The van der Waals surface area contributed by atoms with Crippen LogP contribution in [0.2, 0.25) is 0 Å². The number of hydrogen-bond acceptors (Lipinski definition) is 2. The molecule has 0 aromatic rings. The lowest BCUT2D eigenvalue weighted by molar-refractivity contribution is -0.125. The van der Waals surface area contributed by atoms with Crippen LogP contribution in [0.4, 0.5) is 0 Å². The van der Waals surface area contributed by atoms with Crippen LogP contribution in [-0.2, 0) is 4.79 Å². The van der Waals surface area contributed by atoms with Gasteiger partial charge in [-0.15, -0.1) is 12.4 Å². The Labute approximate surface area is 110 Å². The largest absolute Gasteiger partial charge is 0.356 e. The maximum Gasteiger partial charge on any atom is 0.223 e. The Morgan fingerprint density at radius 3 is 2.41 bits per heavy atom. The molecule has 0 aliphatic heterocycles. The summed E-state index contributed by atoms with van der Waals surface area (Å²) in [4.78, 5) is 11.9. The van der Waals surface area contributed by atoms with Gasteiger partial charge in [-0.25, -0.2) is 0 Å². The summed E-state index contributed by atoms with van der Waals surface area (Å²) in [5.74, 6) is 1.17. The van der Waals surface area contributed by atoms with Crippen molar-refractivity contribution in [3.8, 4) is 0 Å². The second kappa shape index (κ2) is 7.22. The third-order valence-corrected chi connectivity index (χ3v) is 4.13. The maximum atomic E-state index is 11.9. The predicted molar refractivity (Wildman–Crippen MR) is 72.1 cm³/mol. The zero-order chi connectivity index (χ0) is 11.4. The molecule has 0 aromatic carbocycles. The number of carbonyl (C=O) groups is 1. The van der Waals surface area contributed by atoms with Gasteiger partial charge in [0, 0.05) is 18.5 Å². The van der Waals surface area contributed by atoms with E-state index < -0.39 is 0 Å². The van der Waals surface area contributed by atoms with Crippen molar-refractivity contribution in [2.24, 2.45) is 17.6 Å². The topological polar surface area (TPSA) is 55.1 Å². The van der Waals surface area contributed by atoms with Crippen molar-refractivity contribution < 1.29 is 4.79 Å². The second-order valence-electron chi connectivity index (χ2n) is 5.52. The van der Waals surface area contributed by atoms with Crippen LogP contribution in [0.1, 0.15) is 51.4 Å². The predicted octanol–water partition coefficient (Wildman–Crippen LogP) is 2.23. The molecule has 0 heterocycles. The fourth-order valence-corrected chi connectivity index (χ4v) is 3.04. The molecular weight excluding hydrogens is 236 g/mol. The monoisotopic (exact) mass is 260 g/mol. The third-order valence-electron chi connectivity index (χ3n) is 4.13. The van der Waals surface area contributed by atoms with Crippen LogP contribution in [0, 0.1) is 11.8 Å². The Morgan fingerprint density at radius 2 is 1.82 bits per heavy atom. The lowest BCUT2D eigenvalue weighted by Crippen LogP contribution is -2.34. The van der Waals surface area contributed by atoms with E-state index >= 15 is 0 Å². The number of rotatable bonds is 3. The molecule has 3 N–H and O–H groups in total. The van der Waals surface area contributed by atoms with Gasteiger partial charge in [0.25, 0.3) is 0 Å². The van der Waals surface area contributed by atoms with Crippen molar-refractivity contribution in [3.05, 3.63) is 0 Å². The fourth-order valence-electron chi connectivity index (χ4n) is 3.04. The molecule has 2 rings (SSSR count). The van der Waals surface area contributed by atoms with E-state index in [1.54, 1.807) is 0 Å². The van der Waals surface area contributed by atoms with E-state index in [0.717, 1.165) is 31.7 Å². The fraction of sp³-hybridized carbons (Fsp3) is 0.923. The van der Waals surface area contributed by atoms with E-state index in [1.807, 2.05) is 0 Å². The molecule has 100 valence electrons. The number of nitrogens with two attached hydrogens (primary N) is 1. The minimum atomic E-state index is 0. The van der Waals surface area contributed by atoms with Crippen LogP contribution in [0.5, 0.6) is 0 Å². The molecule has 2 unspecified atom stereocenters. The molecule has 2 fully saturated rings. The third kappa shape index (κ3) is 4.47. The molecule has 2 saturated carbocycles. The van der Waals surface area contributed by atoms with E-state index in [-0.39, 0.29) is 30.3 Å². The number of halogens is 1. The average molecular weight is 261 g/mol. The summed E-state index contributed by atoms with van der Waals surface area (Å²) in [5.41, 5.74) is 5.82. The lowest BCUT2D eigenvalue weighted by atomic mass is 9.89.